The van der Waals surface area contributed by atoms with Crippen LogP contribution >= 0.6 is 22.6 Å². The van der Waals surface area contributed by atoms with E-state index in [9.17, 15) is 13.6 Å². The van der Waals surface area contributed by atoms with Gasteiger partial charge in [0.25, 0.3) is 0 Å². The summed E-state index contributed by atoms with van der Waals surface area (Å²) in [6, 6.07) is 10.8. The third-order valence-corrected chi connectivity index (χ3v) is 3.97. The van der Waals surface area contributed by atoms with E-state index in [0.717, 1.165) is 0 Å². The van der Waals surface area contributed by atoms with Crippen molar-refractivity contribution >= 4 is 39.5 Å². The van der Waals surface area contributed by atoms with Crippen LogP contribution < -0.4 is 4.74 Å². The number of hydrogen-bond donors (Lipinski definition) is 1. The minimum absolute atomic E-state index is 0.0262. The van der Waals surface area contributed by atoms with Crippen LogP contribution in [0, 0.1) is 3.70 Å². The SMILES string of the molecule is O=C(O)c1ccc2c(c1)c(I)nn2-c1cccc(OC(F)F)c1. The summed E-state index contributed by atoms with van der Waals surface area (Å²) < 4.78 is 31.2. The number of aromatic nitrogens is 2. The van der Waals surface area contributed by atoms with E-state index >= 15 is 0 Å². The normalized spacial score (nSPS) is 11.1. The first kappa shape index (κ1) is 15.7. The Bertz CT molecular complexity index is 896. The van der Waals surface area contributed by atoms with E-state index in [4.69, 9.17) is 5.11 Å². The summed E-state index contributed by atoms with van der Waals surface area (Å²) in [4.78, 5) is 11.1. The largest absolute Gasteiger partial charge is 0.478 e. The minimum atomic E-state index is -2.90. The van der Waals surface area contributed by atoms with Crippen molar-refractivity contribution in [2.24, 2.45) is 0 Å². The van der Waals surface area contributed by atoms with Gasteiger partial charge in [-0.05, 0) is 52.9 Å². The number of halogens is 3. The Balaban J connectivity index is 2.12. The fourth-order valence-electron chi connectivity index (χ4n) is 2.20. The number of aromatic carboxylic acids is 1. The highest BCUT2D eigenvalue weighted by atomic mass is 127. The fourth-order valence-corrected chi connectivity index (χ4v) is 2.85. The van der Waals surface area contributed by atoms with Gasteiger partial charge in [-0.15, -0.1) is 0 Å². The van der Waals surface area contributed by atoms with Crippen LogP contribution in [0.25, 0.3) is 16.6 Å². The zero-order chi connectivity index (χ0) is 16.6. The van der Waals surface area contributed by atoms with Gasteiger partial charge in [0.05, 0.1) is 16.8 Å². The van der Waals surface area contributed by atoms with Gasteiger partial charge in [0.2, 0.25) is 0 Å². The predicted molar refractivity (Wildman–Crippen MR) is 87.4 cm³/mol. The minimum Gasteiger partial charge on any atom is -0.478 e. The molecular formula is C15H9F2IN2O3. The van der Waals surface area contributed by atoms with Crippen LogP contribution in [0.4, 0.5) is 8.78 Å². The number of carbonyl (C=O) groups is 1. The summed E-state index contributed by atoms with van der Waals surface area (Å²) in [6.45, 7) is -2.90. The number of nitrogens with zero attached hydrogens (tertiary/aromatic N) is 2. The first-order chi connectivity index (χ1) is 11.0. The lowest BCUT2D eigenvalue weighted by Gasteiger charge is -2.08. The van der Waals surface area contributed by atoms with Crippen LogP contribution in [0.2, 0.25) is 0 Å². The number of hydrogen-bond acceptors (Lipinski definition) is 3. The maximum atomic E-state index is 12.3. The number of carboxylic acids is 1. The Morgan fingerprint density at radius 3 is 2.74 bits per heavy atom. The quantitative estimate of drug-likeness (QED) is 0.638. The lowest BCUT2D eigenvalue weighted by Crippen LogP contribution is -2.03. The summed E-state index contributed by atoms with van der Waals surface area (Å²) in [5.41, 5.74) is 1.37. The number of ether oxygens (including phenoxy) is 1. The lowest BCUT2D eigenvalue weighted by molar-refractivity contribution is -0.0498. The number of carboxylic acid groups (broad SMARTS) is 1. The molecular weight excluding hydrogens is 421 g/mol. The van der Waals surface area contributed by atoms with Crippen LogP contribution in [0.5, 0.6) is 5.75 Å². The van der Waals surface area contributed by atoms with Crippen molar-refractivity contribution in [3.63, 3.8) is 0 Å². The Morgan fingerprint density at radius 2 is 2.04 bits per heavy atom. The summed E-state index contributed by atoms with van der Waals surface area (Å²) in [5.74, 6) is -0.999. The van der Waals surface area contributed by atoms with Crippen molar-refractivity contribution in [3.05, 3.63) is 51.7 Å². The third-order valence-electron chi connectivity index (χ3n) is 3.17. The molecule has 0 spiro atoms. The van der Waals surface area contributed by atoms with E-state index < -0.39 is 12.6 Å². The molecule has 2 aromatic carbocycles. The van der Waals surface area contributed by atoms with Gasteiger partial charge in [-0.2, -0.15) is 13.9 Å². The molecule has 23 heavy (non-hydrogen) atoms. The number of benzene rings is 2. The summed E-state index contributed by atoms with van der Waals surface area (Å²) in [5, 5.41) is 14.1. The molecule has 0 radical (unpaired) electrons. The van der Waals surface area contributed by atoms with E-state index in [-0.39, 0.29) is 11.3 Å². The smallest absolute Gasteiger partial charge is 0.387 e. The molecule has 0 aliphatic carbocycles. The molecule has 0 fully saturated rings. The van der Waals surface area contributed by atoms with Crippen molar-refractivity contribution < 1.29 is 23.4 Å². The Morgan fingerprint density at radius 1 is 1.26 bits per heavy atom. The maximum absolute atomic E-state index is 12.3. The standard InChI is InChI=1S/C15H9F2IN2O3/c16-15(17)23-10-3-1-2-9(7-10)20-12-5-4-8(14(21)22)6-11(12)13(18)19-20/h1-7,15H,(H,21,22). The van der Waals surface area contributed by atoms with Crippen LogP contribution in [0.3, 0.4) is 0 Å². The van der Waals surface area contributed by atoms with Crippen LogP contribution in [0.15, 0.2) is 42.5 Å². The predicted octanol–water partition coefficient (Wildman–Crippen LogP) is 3.93. The molecule has 1 aromatic heterocycles. The number of rotatable bonds is 4. The highest BCUT2D eigenvalue weighted by molar-refractivity contribution is 14.1. The van der Waals surface area contributed by atoms with E-state index in [1.807, 2.05) is 22.6 Å². The molecule has 0 unspecified atom stereocenters. The van der Waals surface area contributed by atoms with Crippen molar-refractivity contribution in [2.75, 3.05) is 0 Å². The molecule has 0 saturated carbocycles. The molecule has 1 N–H and O–H groups in total. The number of alkyl halides is 2. The molecule has 0 atom stereocenters. The summed E-state index contributed by atoms with van der Waals surface area (Å²) in [6.07, 6.45) is 0. The van der Waals surface area contributed by atoms with Gasteiger partial charge in [-0.1, -0.05) is 6.07 Å². The zero-order valence-corrected chi connectivity index (χ0v) is 13.6. The summed E-state index contributed by atoms with van der Waals surface area (Å²) in [7, 11) is 0. The first-order valence-corrected chi connectivity index (χ1v) is 7.50. The van der Waals surface area contributed by atoms with E-state index in [1.165, 1.54) is 24.3 Å². The van der Waals surface area contributed by atoms with Crippen molar-refractivity contribution in [1.29, 1.82) is 0 Å². The molecule has 1 heterocycles. The molecule has 3 aromatic rings. The molecule has 0 saturated heterocycles. The van der Waals surface area contributed by atoms with E-state index in [1.54, 1.807) is 22.9 Å². The highest BCUT2D eigenvalue weighted by Crippen LogP contribution is 2.26. The summed E-state index contributed by atoms with van der Waals surface area (Å²) >= 11 is 2.00. The average Bonchev–Trinajstić information content (AvgIpc) is 2.83. The van der Waals surface area contributed by atoms with Gasteiger partial charge < -0.3 is 9.84 Å². The maximum Gasteiger partial charge on any atom is 0.387 e. The average molecular weight is 430 g/mol. The van der Waals surface area contributed by atoms with Crippen molar-refractivity contribution in [3.8, 4) is 11.4 Å². The van der Waals surface area contributed by atoms with Gasteiger partial charge in [0, 0.05) is 11.5 Å². The zero-order valence-electron chi connectivity index (χ0n) is 11.4. The monoisotopic (exact) mass is 430 g/mol. The van der Waals surface area contributed by atoms with Gasteiger partial charge in [-0.25, -0.2) is 9.48 Å². The van der Waals surface area contributed by atoms with Gasteiger partial charge in [0.15, 0.2) is 0 Å². The molecule has 118 valence electrons. The van der Waals surface area contributed by atoms with E-state index in [0.29, 0.717) is 20.3 Å². The first-order valence-electron chi connectivity index (χ1n) is 6.42. The van der Waals surface area contributed by atoms with E-state index in [2.05, 4.69) is 9.84 Å². The fraction of sp³-hybridized carbons (Fsp3) is 0.0667. The van der Waals surface area contributed by atoms with Crippen LogP contribution in [-0.2, 0) is 0 Å². The Kier molecular flexibility index (Phi) is 4.16. The second-order valence-electron chi connectivity index (χ2n) is 4.62. The van der Waals surface area contributed by atoms with Crippen LogP contribution in [-0.4, -0.2) is 27.5 Å². The molecule has 0 aliphatic heterocycles. The van der Waals surface area contributed by atoms with Gasteiger partial charge in [0.1, 0.15) is 9.45 Å². The third kappa shape index (κ3) is 3.11. The second kappa shape index (κ2) is 6.11. The van der Waals surface area contributed by atoms with Gasteiger partial charge in [-0.3, -0.25) is 0 Å². The highest BCUT2D eigenvalue weighted by Gasteiger charge is 2.14. The molecule has 8 heteroatoms. The molecule has 3 rings (SSSR count). The molecule has 5 nitrogen and oxygen atoms in total. The van der Waals surface area contributed by atoms with Gasteiger partial charge >= 0.3 is 12.6 Å². The van der Waals surface area contributed by atoms with Crippen molar-refractivity contribution in [1.82, 2.24) is 9.78 Å². The Hall–Kier alpha value is -2.23. The second-order valence-corrected chi connectivity index (χ2v) is 5.64. The lowest BCUT2D eigenvalue weighted by atomic mass is 10.1. The van der Waals surface area contributed by atoms with Crippen LogP contribution in [0.1, 0.15) is 10.4 Å². The molecule has 0 amide bonds. The number of fused-ring (bicyclic) bond motifs is 1. The molecule has 0 aliphatic rings. The Labute approximate surface area is 142 Å². The topological polar surface area (TPSA) is 64.3 Å². The molecule has 0 bridgehead atoms. The van der Waals surface area contributed by atoms with Crippen molar-refractivity contribution in [2.45, 2.75) is 6.61 Å².